The monoisotopic (exact) mass is 357 g/mol. The van der Waals surface area contributed by atoms with Crippen molar-refractivity contribution >= 4 is 5.91 Å². The van der Waals surface area contributed by atoms with Crippen LogP contribution in [0.1, 0.15) is 49.4 Å². The summed E-state index contributed by atoms with van der Waals surface area (Å²) >= 11 is 0. The summed E-state index contributed by atoms with van der Waals surface area (Å²) in [4.78, 5) is 12.2. The van der Waals surface area contributed by atoms with E-state index in [0.29, 0.717) is 11.5 Å². The quantitative estimate of drug-likeness (QED) is 0.762. The number of hydrogen-bond donors (Lipinski definition) is 1. The molecule has 1 aromatic carbocycles. The molecule has 0 aromatic heterocycles. The predicted octanol–water partition coefficient (Wildman–Crippen LogP) is 4.09. The van der Waals surface area contributed by atoms with Crippen LogP contribution in [-0.2, 0) is 0 Å². The highest BCUT2D eigenvalue weighted by molar-refractivity contribution is 5.94. The van der Waals surface area contributed by atoms with Crippen molar-refractivity contribution in [1.82, 2.24) is 5.32 Å². The number of hydrogen-bond acceptors (Lipinski definition) is 3. The van der Waals surface area contributed by atoms with E-state index in [9.17, 15) is 18.0 Å². The zero-order valence-corrected chi connectivity index (χ0v) is 14.1. The number of rotatable bonds is 8. The molecule has 0 aliphatic heterocycles. The lowest BCUT2D eigenvalue weighted by atomic mass is 10.1. The Labute approximate surface area is 144 Å². The van der Waals surface area contributed by atoms with Gasteiger partial charge in [-0.05, 0) is 50.3 Å². The normalized spacial score (nSPS) is 18.6. The zero-order valence-electron chi connectivity index (χ0n) is 14.1. The molecule has 1 N–H and O–H groups in total. The minimum atomic E-state index is -4.32. The Morgan fingerprint density at radius 3 is 2.28 bits per heavy atom. The van der Waals surface area contributed by atoms with Gasteiger partial charge < -0.3 is 14.8 Å². The number of halogens is 3. The third kappa shape index (κ3) is 5.03. The van der Waals surface area contributed by atoms with Crippen molar-refractivity contribution < 1.29 is 27.4 Å². The standard InChI is InChI=1S/C18H22F3NO3/c1-2-12(18(19,20)21)10-22-17(23)11-3-8-15(24-13-4-5-13)16(9-11)25-14-6-7-14/h3,8-9,12-14H,2,4-7,10H2,1H3,(H,22,23). The fourth-order valence-corrected chi connectivity index (χ4v) is 2.38. The van der Waals surface area contributed by atoms with Gasteiger partial charge in [-0.25, -0.2) is 0 Å². The number of carbonyl (C=O) groups is 1. The fourth-order valence-electron chi connectivity index (χ4n) is 2.38. The molecule has 2 aliphatic rings. The molecule has 4 nitrogen and oxygen atoms in total. The van der Waals surface area contributed by atoms with E-state index in [1.54, 1.807) is 18.2 Å². The molecule has 3 rings (SSSR count). The molecule has 0 spiro atoms. The maximum Gasteiger partial charge on any atom is 0.393 e. The Bertz CT molecular complexity index is 624. The van der Waals surface area contributed by atoms with Gasteiger partial charge in [0.1, 0.15) is 0 Å². The van der Waals surface area contributed by atoms with Gasteiger partial charge in [-0.2, -0.15) is 13.2 Å². The minimum absolute atomic E-state index is 0.0754. The molecule has 0 heterocycles. The van der Waals surface area contributed by atoms with Crippen molar-refractivity contribution in [3.8, 4) is 11.5 Å². The molecule has 138 valence electrons. The van der Waals surface area contributed by atoms with E-state index in [1.807, 2.05) is 0 Å². The second kappa shape index (κ2) is 7.14. The van der Waals surface area contributed by atoms with Crippen molar-refractivity contribution in [2.75, 3.05) is 6.54 Å². The fraction of sp³-hybridized carbons (Fsp3) is 0.611. The molecular weight excluding hydrogens is 335 g/mol. The third-order valence-corrected chi connectivity index (χ3v) is 4.31. The Morgan fingerprint density at radius 2 is 1.76 bits per heavy atom. The number of nitrogens with one attached hydrogen (secondary N) is 1. The Morgan fingerprint density at radius 1 is 1.16 bits per heavy atom. The Hall–Kier alpha value is -1.92. The summed E-state index contributed by atoms with van der Waals surface area (Å²) in [6.45, 7) is 1.02. The van der Waals surface area contributed by atoms with E-state index in [0.717, 1.165) is 25.7 Å². The predicted molar refractivity (Wildman–Crippen MR) is 85.9 cm³/mol. The lowest BCUT2D eigenvalue weighted by Crippen LogP contribution is -2.36. The first-order valence-electron chi connectivity index (χ1n) is 8.69. The average Bonchev–Trinajstić information content (AvgIpc) is 3.43. The molecule has 1 amide bonds. The lowest BCUT2D eigenvalue weighted by Gasteiger charge is -2.19. The molecular formula is C18H22F3NO3. The first kappa shape index (κ1) is 17.9. The molecule has 0 saturated heterocycles. The van der Waals surface area contributed by atoms with Crippen LogP contribution in [-0.4, -0.2) is 30.8 Å². The van der Waals surface area contributed by atoms with E-state index >= 15 is 0 Å². The molecule has 2 aliphatic carbocycles. The molecule has 7 heteroatoms. The molecule has 2 fully saturated rings. The van der Waals surface area contributed by atoms with Gasteiger partial charge in [0.25, 0.3) is 5.91 Å². The summed E-state index contributed by atoms with van der Waals surface area (Å²) < 4.78 is 49.9. The number of carbonyl (C=O) groups excluding carboxylic acids is 1. The second-order valence-corrected chi connectivity index (χ2v) is 6.65. The summed E-state index contributed by atoms with van der Waals surface area (Å²) in [6.07, 6.45) is -0.139. The highest BCUT2D eigenvalue weighted by Gasteiger charge is 2.38. The second-order valence-electron chi connectivity index (χ2n) is 6.65. The van der Waals surface area contributed by atoms with Crippen LogP contribution in [0, 0.1) is 5.92 Å². The Balaban J connectivity index is 1.66. The van der Waals surface area contributed by atoms with Gasteiger partial charge >= 0.3 is 6.18 Å². The summed E-state index contributed by atoms with van der Waals surface area (Å²) in [5.74, 6) is -1.00. The van der Waals surface area contributed by atoms with Crippen LogP contribution in [0.15, 0.2) is 18.2 Å². The van der Waals surface area contributed by atoms with Crippen LogP contribution in [0.5, 0.6) is 11.5 Å². The SMILES string of the molecule is CCC(CNC(=O)c1ccc(OC2CC2)c(OC2CC2)c1)C(F)(F)F. The van der Waals surface area contributed by atoms with E-state index in [4.69, 9.17) is 9.47 Å². The van der Waals surface area contributed by atoms with Crippen LogP contribution < -0.4 is 14.8 Å². The van der Waals surface area contributed by atoms with Gasteiger partial charge in [0.15, 0.2) is 11.5 Å². The smallest absolute Gasteiger partial charge is 0.393 e. The summed E-state index contributed by atoms with van der Waals surface area (Å²) in [5, 5.41) is 2.37. The van der Waals surface area contributed by atoms with Gasteiger partial charge in [-0.1, -0.05) is 6.92 Å². The van der Waals surface area contributed by atoms with Crippen molar-refractivity contribution in [3.63, 3.8) is 0 Å². The summed E-state index contributed by atoms with van der Waals surface area (Å²) in [7, 11) is 0. The lowest BCUT2D eigenvalue weighted by molar-refractivity contribution is -0.173. The van der Waals surface area contributed by atoms with Gasteiger partial charge in [0.05, 0.1) is 18.1 Å². The average molecular weight is 357 g/mol. The highest BCUT2D eigenvalue weighted by atomic mass is 19.4. The molecule has 2 saturated carbocycles. The molecule has 0 bridgehead atoms. The van der Waals surface area contributed by atoms with Crippen LogP contribution in [0.2, 0.25) is 0 Å². The van der Waals surface area contributed by atoms with E-state index in [1.165, 1.54) is 6.92 Å². The van der Waals surface area contributed by atoms with Gasteiger partial charge in [-0.3, -0.25) is 4.79 Å². The first-order valence-corrected chi connectivity index (χ1v) is 8.69. The maximum atomic E-state index is 12.8. The largest absolute Gasteiger partial charge is 0.487 e. The molecule has 0 radical (unpaired) electrons. The molecule has 25 heavy (non-hydrogen) atoms. The highest BCUT2D eigenvalue weighted by Crippen LogP contribution is 2.37. The van der Waals surface area contributed by atoms with E-state index in [-0.39, 0.29) is 24.2 Å². The number of alkyl halides is 3. The van der Waals surface area contributed by atoms with Crippen LogP contribution >= 0.6 is 0 Å². The van der Waals surface area contributed by atoms with Crippen molar-refractivity contribution in [3.05, 3.63) is 23.8 Å². The number of amides is 1. The molecule has 1 atom stereocenters. The van der Waals surface area contributed by atoms with Crippen LogP contribution in [0.25, 0.3) is 0 Å². The number of benzene rings is 1. The minimum Gasteiger partial charge on any atom is -0.487 e. The van der Waals surface area contributed by atoms with Gasteiger partial charge in [-0.15, -0.1) is 0 Å². The molecule has 1 unspecified atom stereocenters. The van der Waals surface area contributed by atoms with E-state index < -0.39 is 24.5 Å². The third-order valence-electron chi connectivity index (χ3n) is 4.31. The first-order chi connectivity index (χ1) is 11.9. The van der Waals surface area contributed by atoms with Crippen molar-refractivity contribution in [2.45, 2.75) is 57.4 Å². The Kier molecular flexibility index (Phi) is 5.11. The summed E-state index contributed by atoms with van der Waals surface area (Å²) in [6, 6.07) is 4.77. The van der Waals surface area contributed by atoms with Crippen LogP contribution in [0.3, 0.4) is 0 Å². The maximum absolute atomic E-state index is 12.8. The van der Waals surface area contributed by atoms with Crippen LogP contribution in [0.4, 0.5) is 13.2 Å². The van der Waals surface area contributed by atoms with Gasteiger partial charge in [0.2, 0.25) is 0 Å². The zero-order chi connectivity index (χ0) is 18.0. The summed E-state index contributed by atoms with van der Waals surface area (Å²) in [5.41, 5.74) is 0.274. The topological polar surface area (TPSA) is 47.6 Å². The van der Waals surface area contributed by atoms with Crippen molar-refractivity contribution in [2.24, 2.45) is 5.92 Å². The van der Waals surface area contributed by atoms with Gasteiger partial charge in [0, 0.05) is 12.1 Å². The van der Waals surface area contributed by atoms with Crippen molar-refractivity contribution in [1.29, 1.82) is 0 Å². The molecule has 1 aromatic rings. The van der Waals surface area contributed by atoms with E-state index in [2.05, 4.69) is 5.32 Å². The number of ether oxygens (including phenoxy) is 2.